The molecule has 0 bridgehead atoms. The fraction of sp³-hybridized carbons (Fsp3) is 0.273. The number of hydrogen-bond donors (Lipinski definition) is 1. The quantitative estimate of drug-likeness (QED) is 0.780. The molecule has 5 heteroatoms. The number of nitrogens with zero attached hydrogens (tertiary/aromatic N) is 1. The van der Waals surface area contributed by atoms with E-state index in [2.05, 4.69) is 5.18 Å². The molecule has 0 aliphatic heterocycles. The summed E-state index contributed by atoms with van der Waals surface area (Å²) >= 11 is 0. The van der Waals surface area contributed by atoms with E-state index in [-0.39, 0.29) is 5.92 Å². The normalized spacial score (nSPS) is 8.94. The van der Waals surface area contributed by atoms with Crippen LogP contribution >= 0.6 is 0 Å². The third-order valence-electron chi connectivity index (χ3n) is 1.60. The molecule has 0 aliphatic rings. The Morgan fingerprint density at radius 1 is 1.19 bits per heavy atom. The molecule has 86 valence electrons. The van der Waals surface area contributed by atoms with E-state index in [0.717, 1.165) is 0 Å². The van der Waals surface area contributed by atoms with Crippen molar-refractivity contribution in [3.05, 3.63) is 40.8 Å². The van der Waals surface area contributed by atoms with E-state index in [1.54, 1.807) is 44.2 Å². The van der Waals surface area contributed by atoms with Crippen molar-refractivity contribution in [1.29, 1.82) is 0 Å². The third-order valence-corrected chi connectivity index (χ3v) is 1.60. The fourth-order valence-corrected chi connectivity index (χ4v) is 0.633. The first-order valence-electron chi connectivity index (χ1n) is 4.64. The summed E-state index contributed by atoms with van der Waals surface area (Å²) in [5.74, 6) is -1.69. The zero-order chi connectivity index (χ0) is 12.6. The second kappa shape index (κ2) is 7.28. The highest BCUT2D eigenvalue weighted by Crippen LogP contribution is 1.99. The van der Waals surface area contributed by atoms with Gasteiger partial charge in [0.25, 0.3) is 0 Å². The molecule has 16 heavy (non-hydrogen) atoms. The van der Waals surface area contributed by atoms with E-state index < -0.39 is 11.9 Å². The Bertz CT molecular complexity index is 360. The number of carbonyl (C=O) groups is 2. The van der Waals surface area contributed by atoms with Gasteiger partial charge in [-0.25, -0.2) is 0 Å². The SMILES string of the molecule is CC(C)C(=O)O.O=NC(=O)c1ccccc1. The fourth-order valence-electron chi connectivity index (χ4n) is 0.633. The first kappa shape index (κ1) is 14.0. The van der Waals surface area contributed by atoms with Gasteiger partial charge in [0.2, 0.25) is 0 Å². The first-order valence-corrected chi connectivity index (χ1v) is 4.64. The molecule has 0 radical (unpaired) electrons. The maximum absolute atomic E-state index is 10.5. The minimum Gasteiger partial charge on any atom is -0.481 e. The van der Waals surface area contributed by atoms with Crippen molar-refractivity contribution in [2.24, 2.45) is 11.1 Å². The van der Waals surface area contributed by atoms with Gasteiger partial charge in [0.1, 0.15) is 0 Å². The molecule has 0 heterocycles. The van der Waals surface area contributed by atoms with Crippen LogP contribution in [0, 0.1) is 10.8 Å². The van der Waals surface area contributed by atoms with Crippen LogP contribution in [-0.4, -0.2) is 17.0 Å². The Hall–Kier alpha value is -2.04. The van der Waals surface area contributed by atoms with Crippen molar-refractivity contribution >= 4 is 11.9 Å². The summed E-state index contributed by atoms with van der Waals surface area (Å²) in [5.41, 5.74) is 0.331. The summed E-state index contributed by atoms with van der Waals surface area (Å²) in [6, 6.07) is 8.21. The van der Waals surface area contributed by atoms with Gasteiger partial charge >= 0.3 is 11.9 Å². The van der Waals surface area contributed by atoms with Gasteiger partial charge < -0.3 is 5.11 Å². The van der Waals surface area contributed by atoms with Gasteiger partial charge in [-0.05, 0) is 12.1 Å². The monoisotopic (exact) mass is 223 g/mol. The van der Waals surface area contributed by atoms with Crippen molar-refractivity contribution in [3.63, 3.8) is 0 Å². The van der Waals surface area contributed by atoms with Gasteiger partial charge in [0.05, 0.1) is 5.92 Å². The van der Waals surface area contributed by atoms with Crippen LogP contribution in [0.25, 0.3) is 0 Å². The maximum Gasteiger partial charge on any atom is 0.316 e. The summed E-state index contributed by atoms with van der Waals surface area (Å²) in [6.07, 6.45) is 0. The number of carbonyl (C=O) groups excluding carboxylic acids is 1. The minimum absolute atomic E-state index is 0.231. The topological polar surface area (TPSA) is 83.8 Å². The average Bonchev–Trinajstić information content (AvgIpc) is 2.30. The lowest BCUT2D eigenvalue weighted by Gasteiger charge is -1.89. The van der Waals surface area contributed by atoms with Gasteiger partial charge in [0, 0.05) is 10.7 Å². The summed E-state index contributed by atoms with van der Waals surface area (Å²) < 4.78 is 0. The molecule has 0 saturated carbocycles. The number of nitroso groups, excluding NO2 is 1. The molecular formula is C11H13NO4. The van der Waals surface area contributed by atoms with Gasteiger partial charge in [0.15, 0.2) is 0 Å². The number of carboxylic acids is 1. The minimum atomic E-state index is -0.741. The van der Waals surface area contributed by atoms with E-state index in [4.69, 9.17) is 5.11 Å². The number of carboxylic acid groups (broad SMARTS) is 1. The molecular weight excluding hydrogens is 210 g/mol. The Kier molecular flexibility index (Phi) is 6.35. The highest BCUT2D eigenvalue weighted by atomic mass is 16.4. The van der Waals surface area contributed by atoms with Crippen LogP contribution in [0.1, 0.15) is 24.2 Å². The molecule has 0 aliphatic carbocycles. The van der Waals surface area contributed by atoms with Crippen molar-refractivity contribution < 1.29 is 14.7 Å². The molecule has 0 fully saturated rings. The molecule has 1 rings (SSSR count). The summed E-state index contributed by atoms with van der Waals surface area (Å²) in [5, 5.41) is 10.3. The highest BCUT2D eigenvalue weighted by Gasteiger charge is 2.01. The van der Waals surface area contributed by atoms with Crippen molar-refractivity contribution in [3.8, 4) is 0 Å². The van der Waals surface area contributed by atoms with Crippen molar-refractivity contribution in [1.82, 2.24) is 0 Å². The maximum atomic E-state index is 10.5. The number of rotatable bonds is 2. The van der Waals surface area contributed by atoms with Crippen LogP contribution in [0.5, 0.6) is 0 Å². The van der Waals surface area contributed by atoms with E-state index in [9.17, 15) is 14.5 Å². The van der Waals surface area contributed by atoms with E-state index in [1.165, 1.54) is 0 Å². The van der Waals surface area contributed by atoms with Gasteiger partial charge in [-0.2, -0.15) is 0 Å². The molecule has 0 saturated heterocycles. The molecule has 0 atom stereocenters. The number of hydrogen-bond acceptors (Lipinski definition) is 3. The molecule has 5 nitrogen and oxygen atoms in total. The van der Waals surface area contributed by atoms with E-state index in [1.807, 2.05) is 0 Å². The van der Waals surface area contributed by atoms with Crippen LogP contribution in [0.2, 0.25) is 0 Å². The van der Waals surface area contributed by atoms with E-state index in [0.29, 0.717) is 5.56 Å². The molecule has 1 N–H and O–H groups in total. The molecule has 1 amide bonds. The Morgan fingerprint density at radius 3 is 1.94 bits per heavy atom. The lowest BCUT2D eigenvalue weighted by molar-refractivity contribution is -0.140. The molecule has 0 aromatic heterocycles. The molecule has 0 spiro atoms. The first-order chi connectivity index (χ1) is 7.49. The second-order valence-electron chi connectivity index (χ2n) is 3.26. The lowest BCUT2D eigenvalue weighted by Crippen LogP contribution is -2.03. The zero-order valence-electron chi connectivity index (χ0n) is 9.08. The van der Waals surface area contributed by atoms with Crippen molar-refractivity contribution in [2.45, 2.75) is 13.8 Å². The van der Waals surface area contributed by atoms with Gasteiger partial charge in [-0.3, -0.25) is 9.59 Å². The van der Waals surface area contributed by atoms with E-state index >= 15 is 0 Å². The summed E-state index contributed by atoms with van der Waals surface area (Å²) in [7, 11) is 0. The smallest absolute Gasteiger partial charge is 0.316 e. The standard InChI is InChI=1S/C7H5NO2.C4H8O2/c9-7(8-10)6-4-2-1-3-5-6;1-3(2)4(5)6/h1-5H;3H,1-2H3,(H,5,6). The number of benzene rings is 1. The predicted octanol–water partition coefficient (Wildman–Crippen LogP) is 2.32. The van der Waals surface area contributed by atoms with Gasteiger partial charge in [-0.1, -0.05) is 32.0 Å². The van der Waals surface area contributed by atoms with Crippen LogP contribution in [-0.2, 0) is 4.79 Å². The second-order valence-corrected chi connectivity index (χ2v) is 3.26. The van der Waals surface area contributed by atoms with Crippen LogP contribution in [0.4, 0.5) is 0 Å². The number of amides is 1. The molecule has 0 unspecified atom stereocenters. The summed E-state index contributed by atoms with van der Waals surface area (Å²) in [6.45, 7) is 3.28. The zero-order valence-corrected chi connectivity index (χ0v) is 9.08. The Morgan fingerprint density at radius 2 is 1.62 bits per heavy atom. The highest BCUT2D eigenvalue weighted by molar-refractivity contribution is 5.94. The van der Waals surface area contributed by atoms with Crippen LogP contribution in [0.15, 0.2) is 35.5 Å². The molecule has 1 aromatic carbocycles. The lowest BCUT2D eigenvalue weighted by atomic mass is 10.2. The molecule has 1 aromatic rings. The predicted molar refractivity (Wildman–Crippen MR) is 59.0 cm³/mol. The van der Waals surface area contributed by atoms with Crippen LogP contribution < -0.4 is 0 Å². The van der Waals surface area contributed by atoms with Gasteiger partial charge in [-0.15, -0.1) is 4.91 Å². The van der Waals surface area contributed by atoms with Crippen LogP contribution in [0.3, 0.4) is 0 Å². The Labute approximate surface area is 93.1 Å². The van der Waals surface area contributed by atoms with Crippen molar-refractivity contribution in [2.75, 3.05) is 0 Å². The largest absolute Gasteiger partial charge is 0.481 e. The Balaban J connectivity index is 0.000000325. The average molecular weight is 223 g/mol. The summed E-state index contributed by atoms with van der Waals surface area (Å²) in [4.78, 5) is 29.9. The third kappa shape index (κ3) is 5.64. The number of aliphatic carboxylic acids is 1.